The molecule has 0 aliphatic heterocycles. The number of pyridine rings is 1. The quantitative estimate of drug-likeness (QED) is 0.809. The van der Waals surface area contributed by atoms with E-state index in [9.17, 15) is 5.26 Å². The van der Waals surface area contributed by atoms with E-state index in [0.29, 0.717) is 22.5 Å². The Hall–Kier alpha value is -2.33. The minimum absolute atomic E-state index is 0.227. The van der Waals surface area contributed by atoms with Crippen LogP contribution in [0, 0.1) is 29.6 Å². The standard InChI is InChI=1S/C13H12N4/c1-7(2)12-11(6-15)10-4-9(5-14)8(3)16-13(10)17-12/h4,7H,1-3H3,(H,16,17). The summed E-state index contributed by atoms with van der Waals surface area (Å²) in [7, 11) is 0. The molecule has 0 aromatic carbocycles. The second kappa shape index (κ2) is 3.92. The number of hydrogen-bond donors (Lipinski definition) is 1. The first kappa shape index (κ1) is 11.2. The Bertz CT molecular complexity index is 665. The fourth-order valence-electron chi connectivity index (χ4n) is 1.89. The third-order valence-corrected chi connectivity index (χ3v) is 2.81. The van der Waals surface area contributed by atoms with Gasteiger partial charge in [0.25, 0.3) is 0 Å². The van der Waals surface area contributed by atoms with Gasteiger partial charge in [0.05, 0.1) is 16.8 Å². The van der Waals surface area contributed by atoms with Gasteiger partial charge >= 0.3 is 0 Å². The maximum Gasteiger partial charge on any atom is 0.139 e. The molecular weight excluding hydrogens is 212 g/mol. The van der Waals surface area contributed by atoms with Gasteiger partial charge in [0.2, 0.25) is 0 Å². The summed E-state index contributed by atoms with van der Waals surface area (Å²) in [6, 6.07) is 6.02. The van der Waals surface area contributed by atoms with E-state index in [4.69, 9.17) is 5.26 Å². The molecule has 4 heteroatoms. The topological polar surface area (TPSA) is 76.3 Å². The summed E-state index contributed by atoms with van der Waals surface area (Å²) in [5, 5.41) is 18.9. The van der Waals surface area contributed by atoms with E-state index < -0.39 is 0 Å². The van der Waals surface area contributed by atoms with Crippen LogP contribution in [0.15, 0.2) is 6.07 Å². The van der Waals surface area contributed by atoms with Crippen LogP contribution < -0.4 is 0 Å². The summed E-state index contributed by atoms with van der Waals surface area (Å²) >= 11 is 0. The van der Waals surface area contributed by atoms with Crippen LogP contribution in [0.3, 0.4) is 0 Å². The predicted octanol–water partition coefficient (Wildman–Crippen LogP) is 2.74. The van der Waals surface area contributed by atoms with Crippen molar-refractivity contribution in [2.24, 2.45) is 0 Å². The van der Waals surface area contributed by atoms with Gasteiger partial charge in [-0.15, -0.1) is 0 Å². The summed E-state index contributed by atoms with van der Waals surface area (Å²) in [6.07, 6.45) is 0. The van der Waals surface area contributed by atoms with Crippen molar-refractivity contribution in [2.75, 3.05) is 0 Å². The predicted molar refractivity (Wildman–Crippen MR) is 64.3 cm³/mol. The highest BCUT2D eigenvalue weighted by molar-refractivity contribution is 5.86. The van der Waals surface area contributed by atoms with Gasteiger partial charge in [-0.1, -0.05) is 13.8 Å². The number of aromatic amines is 1. The highest BCUT2D eigenvalue weighted by Gasteiger charge is 2.16. The van der Waals surface area contributed by atoms with Crippen molar-refractivity contribution < 1.29 is 0 Å². The van der Waals surface area contributed by atoms with Crippen molar-refractivity contribution >= 4 is 11.0 Å². The second-order valence-corrected chi connectivity index (χ2v) is 4.31. The maximum atomic E-state index is 9.21. The van der Waals surface area contributed by atoms with E-state index >= 15 is 0 Å². The number of hydrogen-bond acceptors (Lipinski definition) is 3. The zero-order valence-corrected chi connectivity index (χ0v) is 10.00. The van der Waals surface area contributed by atoms with Crippen molar-refractivity contribution in [1.82, 2.24) is 9.97 Å². The minimum atomic E-state index is 0.227. The molecular formula is C13H12N4. The van der Waals surface area contributed by atoms with Gasteiger partial charge in [0, 0.05) is 11.1 Å². The number of rotatable bonds is 1. The largest absolute Gasteiger partial charge is 0.342 e. The molecule has 0 fully saturated rings. The van der Waals surface area contributed by atoms with Crippen LogP contribution in [0.2, 0.25) is 0 Å². The van der Waals surface area contributed by atoms with E-state index in [0.717, 1.165) is 11.1 Å². The van der Waals surface area contributed by atoms with Gasteiger partial charge < -0.3 is 4.98 Å². The highest BCUT2D eigenvalue weighted by atomic mass is 14.9. The molecule has 0 radical (unpaired) electrons. The molecule has 4 nitrogen and oxygen atoms in total. The third kappa shape index (κ3) is 1.64. The summed E-state index contributed by atoms with van der Waals surface area (Å²) in [5.74, 6) is 0.227. The Morgan fingerprint density at radius 3 is 2.53 bits per heavy atom. The fourth-order valence-corrected chi connectivity index (χ4v) is 1.89. The molecule has 2 aromatic heterocycles. The van der Waals surface area contributed by atoms with Gasteiger partial charge in [-0.2, -0.15) is 10.5 Å². The molecule has 0 atom stereocenters. The molecule has 0 spiro atoms. The lowest BCUT2D eigenvalue weighted by Gasteiger charge is -2.00. The fraction of sp³-hybridized carbons (Fsp3) is 0.308. The minimum Gasteiger partial charge on any atom is -0.342 e. The average Bonchev–Trinajstić information content (AvgIpc) is 2.65. The first-order valence-electron chi connectivity index (χ1n) is 5.42. The molecule has 0 unspecified atom stereocenters. The highest BCUT2D eigenvalue weighted by Crippen LogP contribution is 2.27. The van der Waals surface area contributed by atoms with E-state index in [1.165, 1.54) is 0 Å². The number of aryl methyl sites for hydroxylation is 1. The van der Waals surface area contributed by atoms with Crippen LogP contribution >= 0.6 is 0 Å². The number of nitrogens with one attached hydrogen (secondary N) is 1. The van der Waals surface area contributed by atoms with Gasteiger partial charge in [-0.3, -0.25) is 0 Å². The lowest BCUT2D eigenvalue weighted by molar-refractivity contribution is 0.831. The first-order chi connectivity index (χ1) is 8.08. The summed E-state index contributed by atoms with van der Waals surface area (Å²) < 4.78 is 0. The zero-order chi connectivity index (χ0) is 12.6. The number of nitriles is 2. The van der Waals surface area contributed by atoms with Gasteiger partial charge in [-0.25, -0.2) is 4.98 Å². The monoisotopic (exact) mass is 224 g/mol. The third-order valence-electron chi connectivity index (χ3n) is 2.81. The van der Waals surface area contributed by atoms with E-state index in [-0.39, 0.29) is 5.92 Å². The SMILES string of the molecule is Cc1nc2[nH]c(C(C)C)c(C#N)c2cc1C#N. The van der Waals surface area contributed by atoms with Crippen molar-refractivity contribution in [3.05, 3.63) is 28.6 Å². The van der Waals surface area contributed by atoms with E-state index in [1.807, 2.05) is 13.8 Å². The Labute approximate surface area is 99.5 Å². The van der Waals surface area contributed by atoms with Crippen molar-refractivity contribution in [3.8, 4) is 12.1 Å². The Morgan fingerprint density at radius 1 is 1.29 bits per heavy atom. The Balaban J connectivity index is 2.86. The molecule has 2 rings (SSSR count). The van der Waals surface area contributed by atoms with Crippen LogP contribution in [0.1, 0.15) is 42.3 Å². The summed E-state index contributed by atoms with van der Waals surface area (Å²) in [4.78, 5) is 7.49. The molecule has 0 aliphatic carbocycles. The molecule has 84 valence electrons. The normalized spacial score (nSPS) is 10.5. The molecule has 2 aromatic rings. The van der Waals surface area contributed by atoms with Crippen LogP contribution in [-0.4, -0.2) is 9.97 Å². The van der Waals surface area contributed by atoms with Gasteiger partial charge in [-0.05, 0) is 18.9 Å². The number of aromatic nitrogens is 2. The molecule has 0 bridgehead atoms. The smallest absolute Gasteiger partial charge is 0.139 e. The lowest BCUT2D eigenvalue weighted by atomic mass is 10.0. The lowest BCUT2D eigenvalue weighted by Crippen LogP contribution is -1.90. The van der Waals surface area contributed by atoms with Crippen molar-refractivity contribution in [3.63, 3.8) is 0 Å². The van der Waals surface area contributed by atoms with Crippen molar-refractivity contribution in [1.29, 1.82) is 10.5 Å². The molecule has 0 saturated carbocycles. The molecule has 2 heterocycles. The zero-order valence-electron chi connectivity index (χ0n) is 10.00. The average molecular weight is 224 g/mol. The second-order valence-electron chi connectivity index (χ2n) is 4.31. The van der Waals surface area contributed by atoms with Crippen LogP contribution in [0.4, 0.5) is 0 Å². The number of H-pyrrole nitrogens is 1. The van der Waals surface area contributed by atoms with Gasteiger partial charge in [0.15, 0.2) is 0 Å². The summed E-state index contributed by atoms with van der Waals surface area (Å²) in [5.41, 5.74) is 3.36. The Morgan fingerprint density at radius 2 is 2.00 bits per heavy atom. The van der Waals surface area contributed by atoms with E-state index in [2.05, 4.69) is 22.1 Å². The number of fused-ring (bicyclic) bond motifs is 1. The van der Waals surface area contributed by atoms with Crippen molar-refractivity contribution in [2.45, 2.75) is 26.7 Å². The Kier molecular flexibility index (Phi) is 2.57. The molecule has 1 N–H and O–H groups in total. The van der Waals surface area contributed by atoms with Gasteiger partial charge in [0.1, 0.15) is 17.8 Å². The molecule has 0 amide bonds. The van der Waals surface area contributed by atoms with Crippen LogP contribution in [-0.2, 0) is 0 Å². The van der Waals surface area contributed by atoms with Crippen LogP contribution in [0.25, 0.3) is 11.0 Å². The molecule has 0 aliphatic rings. The molecule has 17 heavy (non-hydrogen) atoms. The van der Waals surface area contributed by atoms with Crippen LogP contribution in [0.5, 0.6) is 0 Å². The summed E-state index contributed by atoms with van der Waals surface area (Å²) in [6.45, 7) is 5.83. The maximum absolute atomic E-state index is 9.21. The number of nitrogens with zero attached hydrogens (tertiary/aromatic N) is 3. The molecule has 0 saturated heterocycles. The van der Waals surface area contributed by atoms with E-state index in [1.54, 1.807) is 13.0 Å². The first-order valence-corrected chi connectivity index (χ1v) is 5.42.